The van der Waals surface area contributed by atoms with Crippen molar-refractivity contribution in [3.63, 3.8) is 0 Å². The molecule has 2 aliphatic rings. The average Bonchev–Trinajstić information content (AvgIpc) is 3.01. The molecular weight excluding hydrogens is 256 g/mol. The fraction of sp³-hybridized carbons (Fsp3) is 0.643. The first-order valence-corrected chi connectivity index (χ1v) is 7.33. The molecule has 1 unspecified atom stereocenters. The second kappa shape index (κ2) is 5.75. The van der Waals surface area contributed by atoms with Gasteiger partial charge in [-0.05, 0) is 44.8 Å². The van der Waals surface area contributed by atoms with E-state index >= 15 is 0 Å². The molecule has 6 nitrogen and oxygen atoms in total. The minimum Gasteiger partial charge on any atom is -0.364 e. The molecule has 0 bridgehead atoms. The van der Waals surface area contributed by atoms with Crippen molar-refractivity contribution < 1.29 is 4.92 Å². The van der Waals surface area contributed by atoms with Crippen LogP contribution in [0.3, 0.4) is 0 Å². The van der Waals surface area contributed by atoms with Gasteiger partial charge >= 0.3 is 5.69 Å². The van der Waals surface area contributed by atoms with E-state index in [1.807, 2.05) is 0 Å². The van der Waals surface area contributed by atoms with E-state index in [2.05, 4.69) is 14.8 Å². The molecule has 6 heteroatoms. The number of hydrogen-bond acceptors (Lipinski definition) is 5. The summed E-state index contributed by atoms with van der Waals surface area (Å²) >= 11 is 0. The molecule has 3 rings (SSSR count). The van der Waals surface area contributed by atoms with E-state index in [9.17, 15) is 10.1 Å². The summed E-state index contributed by atoms with van der Waals surface area (Å²) in [6.45, 7) is 4.15. The maximum atomic E-state index is 11.1. The van der Waals surface area contributed by atoms with Gasteiger partial charge in [0.1, 0.15) is 11.9 Å². The van der Waals surface area contributed by atoms with Crippen LogP contribution in [0.15, 0.2) is 18.5 Å². The molecular formula is C14H20N4O2. The largest absolute Gasteiger partial charge is 0.364 e. The SMILES string of the molecule is O=[N+]([O-])c1cnccc1N1CCCC(N2CCCC2)C1. The van der Waals surface area contributed by atoms with Crippen molar-refractivity contribution in [3.05, 3.63) is 28.6 Å². The number of nitro groups is 1. The molecule has 0 aromatic carbocycles. The highest BCUT2D eigenvalue weighted by atomic mass is 16.6. The van der Waals surface area contributed by atoms with Gasteiger partial charge in [0.25, 0.3) is 0 Å². The highest BCUT2D eigenvalue weighted by molar-refractivity contribution is 5.62. The van der Waals surface area contributed by atoms with Crippen LogP contribution in [0.25, 0.3) is 0 Å². The van der Waals surface area contributed by atoms with E-state index in [1.54, 1.807) is 12.3 Å². The van der Waals surface area contributed by atoms with Gasteiger partial charge in [-0.1, -0.05) is 0 Å². The van der Waals surface area contributed by atoms with Gasteiger partial charge in [-0.25, -0.2) is 0 Å². The molecule has 0 radical (unpaired) electrons. The van der Waals surface area contributed by atoms with Gasteiger partial charge in [0.2, 0.25) is 0 Å². The third-order valence-corrected chi connectivity index (χ3v) is 4.37. The molecule has 1 aromatic rings. The van der Waals surface area contributed by atoms with Crippen LogP contribution in [-0.2, 0) is 0 Å². The summed E-state index contributed by atoms with van der Waals surface area (Å²) in [4.78, 5) is 19.4. The fourth-order valence-corrected chi connectivity index (χ4v) is 3.37. The Kier molecular flexibility index (Phi) is 3.82. The van der Waals surface area contributed by atoms with Crippen LogP contribution in [-0.4, -0.2) is 47.0 Å². The molecule has 108 valence electrons. The smallest absolute Gasteiger partial charge is 0.310 e. The Morgan fingerprint density at radius 3 is 2.80 bits per heavy atom. The first-order chi connectivity index (χ1) is 9.75. The standard InChI is InChI=1S/C14H20N4O2/c19-18(20)14-10-15-6-5-13(14)17-9-3-4-12(11-17)16-7-1-2-8-16/h5-6,10,12H,1-4,7-9,11H2. The zero-order chi connectivity index (χ0) is 13.9. The summed E-state index contributed by atoms with van der Waals surface area (Å²) in [7, 11) is 0. The van der Waals surface area contributed by atoms with E-state index in [-0.39, 0.29) is 10.6 Å². The topological polar surface area (TPSA) is 62.5 Å². The summed E-state index contributed by atoms with van der Waals surface area (Å²) in [5, 5.41) is 11.1. The molecule has 0 amide bonds. The van der Waals surface area contributed by atoms with E-state index in [4.69, 9.17) is 0 Å². The molecule has 2 aliphatic heterocycles. The fourth-order valence-electron chi connectivity index (χ4n) is 3.37. The maximum Gasteiger partial charge on any atom is 0.310 e. The van der Waals surface area contributed by atoms with Gasteiger partial charge in [-0.2, -0.15) is 0 Å². The number of likely N-dealkylation sites (tertiary alicyclic amines) is 1. The third kappa shape index (κ3) is 2.60. The number of pyridine rings is 1. The Bertz CT molecular complexity index is 488. The lowest BCUT2D eigenvalue weighted by Crippen LogP contribution is -2.47. The highest BCUT2D eigenvalue weighted by Gasteiger charge is 2.29. The van der Waals surface area contributed by atoms with E-state index in [0.29, 0.717) is 11.7 Å². The van der Waals surface area contributed by atoms with Gasteiger partial charge in [0.15, 0.2) is 0 Å². The van der Waals surface area contributed by atoms with Gasteiger partial charge in [-0.3, -0.25) is 20.0 Å². The highest BCUT2D eigenvalue weighted by Crippen LogP contribution is 2.30. The molecule has 0 spiro atoms. The Balaban J connectivity index is 1.78. The predicted molar refractivity (Wildman–Crippen MR) is 76.9 cm³/mol. The number of nitrogens with zero attached hydrogens (tertiary/aromatic N) is 4. The molecule has 3 heterocycles. The van der Waals surface area contributed by atoms with Gasteiger partial charge in [0, 0.05) is 25.3 Å². The van der Waals surface area contributed by atoms with Crippen LogP contribution in [0.5, 0.6) is 0 Å². The molecule has 2 saturated heterocycles. The van der Waals surface area contributed by atoms with E-state index < -0.39 is 0 Å². The molecule has 1 atom stereocenters. The van der Waals surface area contributed by atoms with Crippen molar-refractivity contribution in [1.29, 1.82) is 0 Å². The minimum atomic E-state index is -0.332. The van der Waals surface area contributed by atoms with Crippen LogP contribution < -0.4 is 4.90 Å². The van der Waals surface area contributed by atoms with Crippen LogP contribution in [0, 0.1) is 10.1 Å². The van der Waals surface area contributed by atoms with E-state index in [0.717, 1.165) is 19.5 Å². The van der Waals surface area contributed by atoms with Crippen LogP contribution >= 0.6 is 0 Å². The number of hydrogen-bond donors (Lipinski definition) is 0. The van der Waals surface area contributed by atoms with Crippen molar-refractivity contribution >= 4 is 11.4 Å². The molecule has 0 saturated carbocycles. The zero-order valence-corrected chi connectivity index (χ0v) is 11.6. The summed E-state index contributed by atoms with van der Waals surface area (Å²) in [5.41, 5.74) is 0.837. The lowest BCUT2D eigenvalue weighted by molar-refractivity contribution is -0.384. The lowest BCUT2D eigenvalue weighted by atomic mass is 10.0. The predicted octanol–water partition coefficient (Wildman–Crippen LogP) is 2.05. The molecule has 1 aromatic heterocycles. The van der Waals surface area contributed by atoms with Crippen molar-refractivity contribution in [1.82, 2.24) is 9.88 Å². The zero-order valence-electron chi connectivity index (χ0n) is 11.6. The van der Waals surface area contributed by atoms with Gasteiger partial charge in [0.05, 0.1) is 4.92 Å². The van der Waals surface area contributed by atoms with Crippen molar-refractivity contribution in [3.8, 4) is 0 Å². The number of aromatic nitrogens is 1. The van der Waals surface area contributed by atoms with E-state index in [1.165, 1.54) is 38.5 Å². The molecule has 0 aliphatic carbocycles. The normalized spacial score (nSPS) is 24.0. The Hall–Kier alpha value is -1.69. The van der Waals surface area contributed by atoms with Crippen molar-refractivity contribution in [2.45, 2.75) is 31.7 Å². The lowest BCUT2D eigenvalue weighted by Gasteiger charge is -2.38. The Labute approximate surface area is 118 Å². The first kappa shape index (κ1) is 13.3. The monoisotopic (exact) mass is 276 g/mol. The maximum absolute atomic E-state index is 11.1. The molecule has 2 fully saturated rings. The van der Waals surface area contributed by atoms with Crippen molar-refractivity contribution in [2.24, 2.45) is 0 Å². The quantitative estimate of drug-likeness (QED) is 0.624. The van der Waals surface area contributed by atoms with Crippen LogP contribution in [0.2, 0.25) is 0 Å². The average molecular weight is 276 g/mol. The molecule has 0 N–H and O–H groups in total. The van der Waals surface area contributed by atoms with Crippen LogP contribution in [0.1, 0.15) is 25.7 Å². The van der Waals surface area contributed by atoms with Gasteiger partial charge in [-0.15, -0.1) is 0 Å². The second-order valence-electron chi connectivity index (χ2n) is 5.61. The number of rotatable bonds is 3. The number of piperidine rings is 1. The Morgan fingerprint density at radius 2 is 2.05 bits per heavy atom. The summed E-state index contributed by atoms with van der Waals surface area (Å²) in [5.74, 6) is 0. The van der Waals surface area contributed by atoms with Crippen molar-refractivity contribution in [2.75, 3.05) is 31.1 Å². The van der Waals surface area contributed by atoms with Gasteiger partial charge < -0.3 is 4.90 Å². The second-order valence-corrected chi connectivity index (χ2v) is 5.61. The first-order valence-electron chi connectivity index (χ1n) is 7.33. The Morgan fingerprint density at radius 1 is 1.25 bits per heavy atom. The number of anilines is 1. The molecule has 20 heavy (non-hydrogen) atoms. The van der Waals surface area contributed by atoms with Crippen LogP contribution in [0.4, 0.5) is 11.4 Å². The summed E-state index contributed by atoms with van der Waals surface area (Å²) < 4.78 is 0. The summed E-state index contributed by atoms with van der Waals surface area (Å²) in [6, 6.07) is 2.31. The third-order valence-electron chi connectivity index (χ3n) is 4.37. The minimum absolute atomic E-state index is 0.120. The summed E-state index contributed by atoms with van der Waals surface area (Å²) in [6.07, 6.45) is 7.87.